The van der Waals surface area contributed by atoms with Crippen molar-refractivity contribution in [2.75, 3.05) is 0 Å². The van der Waals surface area contributed by atoms with Gasteiger partial charge < -0.3 is 4.74 Å². The van der Waals surface area contributed by atoms with Gasteiger partial charge in [0.1, 0.15) is 23.1 Å². The third-order valence-electron chi connectivity index (χ3n) is 2.38. The highest BCUT2D eigenvalue weighted by atomic mass is 79.9. The number of non-ortho nitro benzene ring substituents is 1. The first-order valence-electron chi connectivity index (χ1n) is 5.32. The molecule has 0 saturated carbocycles. The Morgan fingerprint density at radius 2 is 2.10 bits per heavy atom. The molecule has 2 aromatic rings. The topological polar surface area (TPSA) is 76.2 Å². The lowest BCUT2D eigenvalue weighted by atomic mass is 10.2. The average Bonchev–Trinajstić information content (AvgIpc) is 2.38. The molecule has 0 radical (unpaired) electrons. The first-order chi connectivity index (χ1) is 9.51. The molecule has 0 heterocycles. The van der Waals surface area contributed by atoms with Crippen molar-refractivity contribution in [2.45, 2.75) is 0 Å². The third-order valence-corrected chi connectivity index (χ3v) is 3.15. The quantitative estimate of drug-likeness (QED) is 0.593. The van der Waals surface area contributed by atoms with Crippen LogP contribution in [-0.2, 0) is 0 Å². The van der Waals surface area contributed by atoms with E-state index in [1.807, 2.05) is 6.07 Å². The van der Waals surface area contributed by atoms with E-state index in [-0.39, 0.29) is 27.8 Å². The van der Waals surface area contributed by atoms with E-state index < -0.39 is 4.92 Å². The number of benzene rings is 2. The normalized spacial score (nSPS) is 9.85. The molecule has 0 aliphatic heterocycles. The first-order valence-corrected chi connectivity index (χ1v) is 6.50. The Kier molecular flexibility index (Phi) is 4.23. The van der Waals surface area contributed by atoms with E-state index in [1.165, 1.54) is 12.1 Å². The molecule has 0 fully saturated rings. The average molecular weight is 354 g/mol. The van der Waals surface area contributed by atoms with Crippen LogP contribution >= 0.6 is 27.5 Å². The van der Waals surface area contributed by atoms with Crippen LogP contribution in [0.2, 0.25) is 5.02 Å². The van der Waals surface area contributed by atoms with E-state index in [4.69, 9.17) is 21.6 Å². The van der Waals surface area contributed by atoms with Gasteiger partial charge in [-0.1, -0.05) is 33.6 Å². The van der Waals surface area contributed by atoms with E-state index in [9.17, 15) is 10.1 Å². The molecule has 100 valence electrons. The van der Waals surface area contributed by atoms with Crippen molar-refractivity contribution in [2.24, 2.45) is 0 Å². The van der Waals surface area contributed by atoms with Gasteiger partial charge in [-0.15, -0.1) is 0 Å². The molecule has 0 unspecified atom stereocenters. The smallest absolute Gasteiger partial charge is 0.274 e. The standard InChI is InChI=1S/C13H6BrClN2O3/c14-8-4-9(17(18)19)6-10(5-8)20-13-3-1-2-12(15)11(13)7-16/h1-6H. The Morgan fingerprint density at radius 1 is 1.35 bits per heavy atom. The number of nitro benzene ring substituents is 1. The van der Waals surface area contributed by atoms with Crippen molar-refractivity contribution in [1.29, 1.82) is 5.26 Å². The Balaban J connectivity index is 2.43. The minimum Gasteiger partial charge on any atom is -0.456 e. The summed E-state index contributed by atoms with van der Waals surface area (Å²) in [6, 6.07) is 10.9. The fraction of sp³-hybridized carbons (Fsp3) is 0. The summed E-state index contributed by atoms with van der Waals surface area (Å²) in [5.41, 5.74) is 0.0618. The van der Waals surface area contributed by atoms with Gasteiger partial charge in [0.05, 0.1) is 16.0 Å². The van der Waals surface area contributed by atoms with Gasteiger partial charge in [0.2, 0.25) is 0 Å². The predicted octanol–water partition coefficient (Wildman–Crippen LogP) is 4.67. The van der Waals surface area contributed by atoms with Gasteiger partial charge in [0, 0.05) is 10.5 Å². The minimum absolute atomic E-state index is 0.116. The summed E-state index contributed by atoms with van der Waals surface area (Å²) in [7, 11) is 0. The molecule has 0 N–H and O–H groups in total. The molecule has 20 heavy (non-hydrogen) atoms. The van der Waals surface area contributed by atoms with Crippen LogP contribution in [0.4, 0.5) is 5.69 Å². The zero-order valence-electron chi connectivity index (χ0n) is 9.84. The number of hydrogen-bond donors (Lipinski definition) is 0. The lowest BCUT2D eigenvalue weighted by Crippen LogP contribution is -1.92. The second-order valence-corrected chi connectivity index (χ2v) is 5.05. The zero-order valence-corrected chi connectivity index (χ0v) is 12.2. The highest BCUT2D eigenvalue weighted by molar-refractivity contribution is 9.10. The first kappa shape index (κ1) is 14.3. The highest BCUT2D eigenvalue weighted by Crippen LogP contribution is 2.33. The number of rotatable bonds is 3. The van der Waals surface area contributed by atoms with Crippen LogP contribution in [-0.4, -0.2) is 4.92 Å². The summed E-state index contributed by atoms with van der Waals surface area (Å²) in [5, 5.41) is 20.1. The molecule has 0 aromatic heterocycles. The Hall–Kier alpha value is -2.10. The largest absolute Gasteiger partial charge is 0.456 e. The molecule has 2 rings (SSSR count). The summed E-state index contributed by atoms with van der Waals surface area (Å²) in [5.74, 6) is 0.484. The van der Waals surface area contributed by atoms with Gasteiger partial charge in [0.25, 0.3) is 5.69 Å². The molecule has 5 nitrogen and oxygen atoms in total. The van der Waals surface area contributed by atoms with Crippen molar-refractivity contribution in [3.05, 3.63) is 61.6 Å². The summed E-state index contributed by atoms with van der Waals surface area (Å²) in [4.78, 5) is 10.3. The number of nitrogens with zero attached hydrogens (tertiary/aromatic N) is 2. The SMILES string of the molecule is N#Cc1c(Cl)cccc1Oc1cc(Br)cc([N+](=O)[O-])c1. The molecule has 0 bridgehead atoms. The zero-order chi connectivity index (χ0) is 14.7. The summed E-state index contributed by atoms with van der Waals surface area (Å²) >= 11 is 9.06. The van der Waals surface area contributed by atoms with Crippen molar-refractivity contribution in [3.63, 3.8) is 0 Å². The van der Waals surface area contributed by atoms with Crippen LogP contribution in [0, 0.1) is 21.4 Å². The lowest BCUT2D eigenvalue weighted by Gasteiger charge is -2.08. The molecule has 0 aliphatic carbocycles. The Bertz CT molecular complexity index is 728. The highest BCUT2D eigenvalue weighted by Gasteiger charge is 2.13. The van der Waals surface area contributed by atoms with Crippen LogP contribution in [0.5, 0.6) is 11.5 Å². The van der Waals surface area contributed by atoms with Gasteiger partial charge in [-0.3, -0.25) is 10.1 Å². The number of nitro groups is 1. The molecule has 7 heteroatoms. The Morgan fingerprint density at radius 3 is 2.75 bits per heavy atom. The van der Waals surface area contributed by atoms with Crippen LogP contribution in [0.15, 0.2) is 40.9 Å². The maximum atomic E-state index is 10.8. The van der Waals surface area contributed by atoms with Gasteiger partial charge in [-0.25, -0.2) is 0 Å². The van der Waals surface area contributed by atoms with Crippen molar-refractivity contribution < 1.29 is 9.66 Å². The van der Waals surface area contributed by atoms with E-state index in [1.54, 1.807) is 24.3 Å². The van der Waals surface area contributed by atoms with Crippen LogP contribution in [0.3, 0.4) is 0 Å². The van der Waals surface area contributed by atoms with Crippen LogP contribution < -0.4 is 4.74 Å². The van der Waals surface area contributed by atoms with E-state index >= 15 is 0 Å². The van der Waals surface area contributed by atoms with E-state index in [2.05, 4.69) is 15.9 Å². The fourth-order valence-electron chi connectivity index (χ4n) is 1.54. The fourth-order valence-corrected chi connectivity index (χ4v) is 2.21. The van der Waals surface area contributed by atoms with Gasteiger partial charge >= 0.3 is 0 Å². The number of hydrogen-bond acceptors (Lipinski definition) is 4. The molecule has 2 aromatic carbocycles. The summed E-state index contributed by atoms with van der Waals surface area (Å²) in [6.07, 6.45) is 0. The van der Waals surface area contributed by atoms with Crippen LogP contribution in [0.25, 0.3) is 0 Å². The predicted molar refractivity (Wildman–Crippen MR) is 77.0 cm³/mol. The molecular formula is C13H6BrClN2O3. The molecule has 0 amide bonds. The van der Waals surface area contributed by atoms with Gasteiger partial charge in [0.15, 0.2) is 0 Å². The van der Waals surface area contributed by atoms with E-state index in [0.29, 0.717) is 4.47 Å². The Labute approximate surface area is 127 Å². The maximum Gasteiger partial charge on any atom is 0.274 e. The minimum atomic E-state index is -0.527. The lowest BCUT2D eigenvalue weighted by molar-refractivity contribution is -0.385. The second kappa shape index (κ2) is 5.90. The molecular weight excluding hydrogens is 348 g/mol. The summed E-state index contributed by atoms with van der Waals surface area (Å²) in [6.45, 7) is 0. The van der Waals surface area contributed by atoms with Gasteiger partial charge in [-0.05, 0) is 18.2 Å². The molecule has 0 spiro atoms. The van der Waals surface area contributed by atoms with Gasteiger partial charge in [-0.2, -0.15) is 5.26 Å². The summed E-state index contributed by atoms with van der Waals surface area (Å²) < 4.78 is 6.01. The number of ether oxygens (including phenoxy) is 1. The molecule has 0 saturated heterocycles. The van der Waals surface area contributed by atoms with Crippen molar-refractivity contribution >= 4 is 33.2 Å². The van der Waals surface area contributed by atoms with Crippen molar-refractivity contribution in [1.82, 2.24) is 0 Å². The number of nitriles is 1. The van der Waals surface area contributed by atoms with Crippen molar-refractivity contribution in [3.8, 4) is 17.6 Å². The number of halogens is 2. The molecule has 0 atom stereocenters. The maximum absolute atomic E-state index is 10.8. The second-order valence-electron chi connectivity index (χ2n) is 3.73. The van der Waals surface area contributed by atoms with Crippen LogP contribution in [0.1, 0.15) is 5.56 Å². The van der Waals surface area contributed by atoms with E-state index in [0.717, 1.165) is 0 Å². The monoisotopic (exact) mass is 352 g/mol. The molecule has 0 aliphatic rings. The third kappa shape index (κ3) is 3.07.